The van der Waals surface area contributed by atoms with Gasteiger partial charge in [-0.05, 0) is 160 Å². The highest BCUT2D eigenvalue weighted by Gasteiger charge is 2.49. The van der Waals surface area contributed by atoms with E-state index < -0.39 is 0 Å². The molecule has 0 N–H and O–H groups in total. The molecule has 8 aromatic rings. The Morgan fingerprint density at radius 3 is 1.94 bits per heavy atom. The Morgan fingerprint density at radius 2 is 1.21 bits per heavy atom. The highest BCUT2D eigenvalue weighted by Crippen LogP contribution is 2.60. The van der Waals surface area contributed by atoms with Gasteiger partial charge in [0.05, 0.1) is 11.4 Å². The summed E-state index contributed by atoms with van der Waals surface area (Å²) in [7, 11) is 0. The van der Waals surface area contributed by atoms with Crippen LogP contribution < -0.4 is 25.5 Å². The van der Waals surface area contributed by atoms with E-state index in [1.165, 1.54) is 174 Å². The molecule has 7 aromatic carbocycles. The molecule has 5 aliphatic rings. The smallest absolute Gasteiger partial charge is 0.264 e. The second-order valence-electron chi connectivity index (χ2n) is 24.0. The van der Waals surface area contributed by atoms with Gasteiger partial charge in [0.1, 0.15) is 0 Å². The average molecular weight is 931 g/mol. The topological polar surface area (TPSA) is 6.48 Å². The molecule has 0 amide bonds. The molecule has 4 heteroatoms. The number of benzene rings is 7. The normalized spacial score (nSPS) is 17.1. The van der Waals surface area contributed by atoms with Gasteiger partial charge in [-0.15, -0.1) is 11.3 Å². The molecule has 2 saturated carbocycles. The highest BCUT2D eigenvalue weighted by atomic mass is 32.1. The first-order valence-corrected chi connectivity index (χ1v) is 27.5. The first-order chi connectivity index (χ1) is 33.8. The molecule has 0 saturated heterocycles. The summed E-state index contributed by atoms with van der Waals surface area (Å²) in [6.07, 6.45) is 12.8. The monoisotopic (exact) mass is 931 g/mol. The molecular formula is C66H67BN2S. The molecule has 3 aliphatic carbocycles. The van der Waals surface area contributed by atoms with Crippen LogP contribution >= 0.6 is 11.3 Å². The van der Waals surface area contributed by atoms with Crippen molar-refractivity contribution in [3.63, 3.8) is 0 Å². The van der Waals surface area contributed by atoms with Gasteiger partial charge < -0.3 is 9.80 Å². The van der Waals surface area contributed by atoms with Crippen molar-refractivity contribution < 1.29 is 0 Å². The number of rotatable bonds is 4. The van der Waals surface area contributed by atoms with Gasteiger partial charge in [0, 0.05) is 48.6 Å². The fourth-order valence-corrected chi connectivity index (χ4v) is 15.2. The lowest BCUT2D eigenvalue weighted by Gasteiger charge is -2.45. The van der Waals surface area contributed by atoms with Crippen molar-refractivity contribution in [2.24, 2.45) is 0 Å². The van der Waals surface area contributed by atoms with Crippen LogP contribution in [0.1, 0.15) is 151 Å². The van der Waals surface area contributed by atoms with Crippen molar-refractivity contribution in [2.75, 3.05) is 9.80 Å². The van der Waals surface area contributed by atoms with E-state index >= 15 is 0 Å². The van der Waals surface area contributed by atoms with Crippen molar-refractivity contribution in [3.05, 3.63) is 172 Å². The maximum Gasteiger partial charge on any atom is 0.264 e. The third-order valence-corrected chi connectivity index (χ3v) is 18.6. The fourth-order valence-electron chi connectivity index (χ4n) is 13.9. The minimum atomic E-state index is -0.0157. The van der Waals surface area contributed by atoms with E-state index in [9.17, 15) is 0 Å². The summed E-state index contributed by atoms with van der Waals surface area (Å²) in [5.41, 5.74) is 26.3. The van der Waals surface area contributed by atoms with Crippen LogP contribution in [0, 0.1) is 13.8 Å². The third-order valence-electron chi connectivity index (χ3n) is 17.4. The summed E-state index contributed by atoms with van der Waals surface area (Å²) in [5.74, 6) is 0.521. The maximum atomic E-state index is 2.83. The van der Waals surface area contributed by atoms with Crippen LogP contribution in [0.4, 0.5) is 34.1 Å². The van der Waals surface area contributed by atoms with Crippen LogP contribution in [0.2, 0.25) is 0 Å². The molecule has 0 bridgehead atoms. The summed E-state index contributed by atoms with van der Waals surface area (Å²) in [6.45, 7) is 18.8. The molecule has 0 radical (unpaired) electrons. The second-order valence-corrected chi connectivity index (χ2v) is 25.1. The molecule has 1 aromatic heterocycles. The van der Waals surface area contributed by atoms with Crippen LogP contribution in [0.15, 0.2) is 133 Å². The van der Waals surface area contributed by atoms with E-state index in [4.69, 9.17) is 0 Å². The average Bonchev–Trinajstić information content (AvgIpc) is 3.86. The van der Waals surface area contributed by atoms with E-state index in [1.54, 1.807) is 11.1 Å². The largest absolute Gasteiger partial charge is 0.311 e. The fraction of sp³-hybridized carbons (Fsp3) is 0.333. The Labute approximate surface area is 421 Å². The van der Waals surface area contributed by atoms with Crippen molar-refractivity contribution in [1.82, 2.24) is 0 Å². The van der Waals surface area contributed by atoms with Gasteiger partial charge in [-0.25, -0.2) is 0 Å². The van der Waals surface area contributed by atoms with Gasteiger partial charge in [0.2, 0.25) is 0 Å². The summed E-state index contributed by atoms with van der Waals surface area (Å²) in [6, 6.07) is 53.8. The Balaban J connectivity index is 1.14. The van der Waals surface area contributed by atoms with Crippen LogP contribution in [0.25, 0.3) is 32.3 Å². The SMILES string of the molecule is Cc1cc(C)cc(-c2ccc(N3c4cc(C(C)(C)C)ccc4B4c5sc6ccc(C(C)(C)C)cc6c5N(c5cccc6c5-c5ccccc5C65CCCCC5)c5cc(C6CCCCC6)cc3c54)cc2)c1. The first kappa shape index (κ1) is 44.1. The van der Waals surface area contributed by atoms with Crippen molar-refractivity contribution in [2.45, 2.75) is 142 Å². The highest BCUT2D eigenvalue weighted by molar-refractivity contribution is 7.33. The molecule has 350 valence electrons. The molecule has 70 heavy (non-hydrogen) atoms. The molecule has 0 atom stereocenters. The van der Waals surface area contributed by atoms with Crippen molar-refractivity contribution in [1.29, 1.82) is 0 Å². The minimum Gasteiger partial charge on any atom is -0.311 e. The van der Waals surface area contributed by atoms with Gasteiger partial charge >= 0.3 is 0 Å². The van der Waals surface area contributed by atoms with Gasteiger partial charge in [-0.2, -0.15) is 0 Å². The van der Waals surface area contributed by atoms with E-state index in [-0.39, 0.29) is 23.0 Å². The number of hydrogen-bond donors (Lipinski definition) is 0. The van der Waals surface area contributed by atoms with Crippen molar-refractivity contribution >= 4 is 78.0 Å². The zero-order chi connectivity index (χ0) is 47.8. The Bertz CT molecular complexity index is 3380. The maximum absolute atomic E-state index is 2.83. The first-order valence-electron chi connectivity index (χ1n) is 26.7. The van der Waals surface area contributed by atoms with Gasteiger partial charge in [-0.3, -0.25) is 0 Å². The van der Waals surface area contributed by atoms with Gasteiger partial charge in [-0.1, -0.05) is 176 Å². The van der Waals surface area contributed by atoms with Crippen LogP contribution in [0.5, 0.6) is 0 Å². The second kappa shape index (κ2) is 16.1. The number of hydrogen-bond acceptors (Lipinski definition) is 3. The molecule has 2 fully saturated rings. The number of thiophene rings is 1. The van der Waals surface area contributed by atoms with Gasteiger partial charge in [0.25, 0.3) is 6.71 Å². The van der Waals surface area contributed by atoms with Crippen LogP contribution in [-0.2, 0) is 16.2 Å². The number of anilines is 6. The quantitative estimate of drug-likeness (QED) is 0.162. The van der Waals surface area contributed by atoms with E-state index in [1.807, 2.05) is 11.3 Å². The predicted molar refractivity (Wildman–Crippen MR) is 303 cm³/mol. The number of aryl methyl sites for hydroxylation is 2. The lowest BCUT2D eigenvalue weighted by atomic mass is 9.36. The zero-order valence-electron chi connectivity index (χ0n) is 42.7. The summed E-state index contributed by atoms with van der Waals surface area (Å²) in [5, 5.41) is 1.39. The molecule has 13 rings (SSSR count). The summed E-state index contributed by atoms with van der Waals surface area (Å²) in [4.78, 5) is 5.52. The van der Waals surface area contributed by atoms with E-state index in [0.717, 1.165) is 0 Å². The standard InChI is InChI=1S/C66H67BN2S/c1-41-34-42(2)36-45(35-41)44-24-28-49(29-25-44)68-56-40-48(65(6,7)8)26-30-54(56)67-61-57(68)37-46(43-18-11-9-12-19-43)38-58(61)69(62-51-39-47(64(3,4)5)27-31-59(51)70-63(62)67)55-23-17-22-53-60(55)50-20-13-14-21-52(50)66(53)32-15-10-16-33-66/h13-14,17,20-31,34-40,43H,9-12,15-16,18-19,32-33H2,1-8H3. The molecule has 2 aliphatic heterocycles. The molecule has 2 nitrogen and oxygen atoms in total. The van der Waals surface area contributed by atoms with Crippen LogP contribution in [0.3, 0.4) is 0 Å². The third kappa shape index (κ3) is 6.78. The lowest BCUT2D eigenvalue weighted by Crippen LogP contribution is -2.60. The Morgan fingerprint density at radius 1 is 0.557 bits per heavy atom. The van der Waals surface area contributed by atoms with E-state index in [0.29, 0.717) is 5.92 Å². The number of nitrogens with zero attached hydrogens (tertiary/aromatic N) is 2. The molecule has 3 heterocycles. The minimum absolute atomic E-state index is 0.0110. The Hall–Kier alpha value is -5.84. The number of fused-ring (bicyclic) bond motifs is 11. The summed E-state index contributed by atoms with van der Waals surface area (Å²) < 4.78 is 2.84. The zero-order valence-corrected chi connectivity index (χ0v) is 43.5. The molecule has 0 unspecified atom stereocenters. The summed E-state index contributed by atoms with van der Waals surface area (Å²) >= 11 is 2.04. The van der Waals surface area contributed by atoms with E-state index in [2.05, 4.69) is 199 Å². The Kier molecular flexibility index (Phi) is 10.1. The molecule has 1 spiro atoms. The molecular weight excluding hydrogens is 864 g/mol. The van der Waals surface area contributed by atoms with Gasteiger partial charge in [0.15, 0.2) is 0 Å². The van der Waals surface area contributed by atoms with Crippen LogP contribution in [-0.4, -0.2) is 6.71 Å². The van der Waals surface area contributed by atoms with Crippen molar-refractivity contribution in [3.8, 4) is 22.3 Å². The predicted octanol–water partition coefficient (Wildman–Crippen LogP) is 17.1. The lowest BCUT2D eigenvalue weighted by molar-refractivity contribution is 0.353.